The molecule has 2 aromatic carbocycles. The third-order valence-corrected chi connectivity index (χ3v) is 7.19. The lowest BCUT2D eigenvalue weighted by atomic mass is 9.74. The molecule has 0 bridgehead atoms. The van der Waals surface area contributed by atoms with Crippen LogP contribution in [0.1, 0.15) is 63.0 Å². The number of ether oxygens (including phenoxy) is 3. The molecular formula is C27H29F4O4Si3. The Bertz CT molecular complexity index is 1110. The van der Waals surface area contributed by atoms with Gasteiger partial charge in [0.25, 0.3) is 5.60 Å². The topological polar surface area (TPSA) is 44.8 Å². The highest BCUT2D eigenvalue weighted by atomic mass is 28.3. The number of esters is 1. The lowest BCUT2D eigenvalue weighted by Crippen LogP contribution is -2.62. The number of benzene rings is 2. The van der Waals surface area contributed by atoms with E-state index in [1.165, 1.54) is 27.0 Å². The van der Waals surface area contributed by atoms with Gasteiger partial charge in [0.1, 0.15) is 17.7 Å². The molecule has 3 atom stereocenters. The summed E-state index contributed by atoms with van der Waals surface area (Å²) in [6.45, 7) is 2.93. The molecule has 0 amide bonds. The molecule has 2 aromatic rings. The molecule has 0 saturated heterocycles. The number of halogens is 4. The van der Waals surface area contributed by atoms with Crippen molar-refractivity contribution in [3.8, 4) is 5.75 Å². The number of hydrogen-bond donors (Lipinski definition) is 0. The predicted molar refractivity (Wildman–Crippen MR) is 138 cm³/mol. The minimum atomic E-state index is -5.21. The molecule has 0 aliphatic heterocycles. The van der Waals surface area contributed by atoms with Crippen molar-refractivity contribution in [3.63, 3.8) is 0 Å². The lowest BCUT2D eigenvalue weighted by Gasteiger charge is -2.44. The Morgan fingerprint density at radius 3 is 2.21 bits per heavy atom. The fraction of sp³-hybridized carbons (Fsp3) is 0.519. The van der Waals surface area contributed by atoms with Crippen LogP contribution < -0.4 is 4.74 Å². The third-order valence-electron chi connectivity index (χ3n) is 6.89. The molecule has 3 rings (SSSR count). The molecule has 1 aliphatic rings. The van der Waals surface area contributed by atoms with Crippen molar-refractivity contribution in [2.24, 2.45) is 0 Å². The molecule has 1 saturated carbocycles. The maximum Gasteiger partial charge on any atom is 0.428 e. The van der Waals surface area contributed by atoms with Crippen LogP contribution >= 0.6 is 0 Å². The van der Waals surface area contributed by atoms with E-state index < -0.39 is 46.0 Å². The highest BCUT2D eigenvalue weighted by Gasteiger charge is 2.66. The summed E-state index contributed by atoms with van der Waals surface area (Å²) >= 11 is 0. The highest BCUT2D eigenvalue weighted by molar-refractivity contribution is 6.58. The minimum Gasteiger partial charge on any atom is -0.496 e. The number of alkyl halides is 3. The van der Waals surface area contributed by atoms with E-state index in [9.17, 15) is 9.18 Å². The first-order valence-corrected chi connectivity index (χ1v) is 13.7. The second kappa shape index (κ2) is 11.6. The van der Waals surface area contributed by atoms with Crippen LogP contribution in [-0.4, -0.2) is 66.2 Å². The number of rotatable bonds is 9. The van der Waals surface area contributed by atoms with Gasteiger partial charge in [0.2, 0.25) is 0 Å². The number of methoxy groups -OCH3 is 1. The molecular weight excluding hydrogens is 549 g/mol. The van der Waals surface area contributed by atoms with Crippen molar-refractivity contribution in [2.75, 3.05) is 7.11 Å². The van der Waals surface area contributed by atoms with Crippen LogP contribution in [0, 0.1) is 5.82 Å². The number of carbonyl (C=O) groups is 1. The van der Waals surface area contributed by atoms with Crippen molar-refractivity contribution in [1.29, 1.82) is 0 Å². The van der Waals surface area contributed by atoms with Crippen LogP contribution in [0.3, 0.4) is 0 Å². The first kappa shape index (κ1) is 30.6. The lowest BCUT2D eigenvalue weighted by molar-refractivity contribution is -0.287. The first-order valence-electron chi connectivity index (χ1n) is 12.2. The first-order chi connectivity index (χ1) is 17.6. The van der Waals surface area contributed by atoms with Crippen molar-refractivity contribution in [3.05, 3.63) is 65.5 Å². The van der Waals surface area contributed by atoms with Gasteiger partial charge in [0.15, 0.2) is 0 Å². The Hall–Kier alpha value is -1.96. The zero-order chi connectivity index (χ0) is 28.4. The zero-order valence-electron chi connectivity index (χ0n) is 21.5. The molecule has 4 nitrogen and oxygen atoms in total. The Labute approximate surface area is 231 Å². The second-order valence-corrected chi connectivity index (χ2v) is 13.9. The van der Waals surface area contributed by atoms with Crippen LogP contribution in [-0.2, 0) is 19.7 Å². The quantitative estimate of drug-likeness (QED) is 0.233. The van der Waals surface area contributed by atoms with E-state index >= 15 is 13.2 Å². The summed E-state index contributed by atoms with van der Waals surface area (Å²) in [6, 6.07) is 12.9. The highest BCUT2D eigenvalue weighted by Crippen LogP contribution is 2.48. The van der Waals surface area contributed by atoms with Crippen LogP contribution in [0.2, 0.25) is 0 Å². The fourth-order valence-corrected chi connectivity index (χ4v) is 5.69. The molecule has 0 spiro atoms. The Morgan fingerprint density at radius 2 is 1.63 bits per heavy atom. The van der Waals surface area contributed by atoms with Gasteiger partial charge in [-0.3, -0.25) is 0 Å². The molecule has 0 unspecified atom stereocenters. The molecule has 0 N–H and O–H groups in total. The number of carbonyl (C=O) groups excluding carboxylic acids is 1. The summed E-state index contributed by atoms with van der Waals surface area (Å²) in [4.78, 5) is 13.7. The normalized spacial score (nSPS) is 20.5. The van der Waals surface area contributed by atoms with Gasteiger partial charge in [0.05, 0.1) is 37.8 Å². The molecule has 1 aliphatic carbocycles. The predicted octanol–water partition coefficient (Wildman–Crippen LogP) is 5.21. The van der Waals surface area contributed by atoms with Crippen molar-refractivity contribution in [1.82, 2.24) is 0 Å². The average Bonchev–Trinajstić information content (AvgIpc) is 2.82. The summed E-state index contributed by atoms with van der Waals surface area (Å²) in [7, 11) is 10.4. The van der Waals surface area contributed by atoms with Crippen molar-refractivity contribution >= 4 is 36.7 Å². The zero-order valence-corrected chi connectivity index (χ0v) is 24.5. The average molecular weight is 578 g/mol. The van der Waals surface area contributed by atoms with Crippen LogP contribution in [0.4, 0.5) is 17.6 Å². The Balaban J connectivity index is 2.07. The monoisotopic (exact) mass is 577 g/mol. The molecule has 1 fully saturated rings. The Morgan fingerprint density at radius 1 is 1.00 bits per heavy atom. The van der Waals surface area contributed by atoms with Gasteiger partial charge in [0, 0.05) is 22.4 Å². The van der Waals surface area contributed by atoms with E-state index in [0.29, 0.717) is 19.3 Å². The summed E-state index contributed by atoms with van der Waals surface area (Å²) < 4.78 is 73.8. The van der Waals surface area contributed by atoms with Crippen molar-refractivity contribution < 1.29 is 36.6 Å². The molecule has 38 heavy (non-hydrogen) atoms. The number of hydrogen-bond acceptors (Lipinski definition) is 4. The van der Waals surface area contributed by atoms with Crippen molar-refractivity contribution in [2.45, 2.75) is 79.6 Å². The van der Waals surface area contributed by atoms with Gasteiger partial charge in [-0.15, -0.1) is 0 Å². The van der Waals surface area contributed by atoms with E-state index in [1.807, 2.05) is 30.3 Å². The SMILES string of the molecule is COc1ccc(F)cc1C(C)(C)C[C@](OC([Si])([Si])[Si])(C(=O)O[C@@H]1CCCC[C@H]1c1ccccc1)C(F)(F)F. The Kier molecular flexibility index (Phi) is 9.37. The third kappa shape index (κ3) is 6.97. The van der Waals surface area contributed by atoms with E-state index in [1.54, 1.807) is 0 Å². The largest absolute Gasteiger partial charge is 0.496 e. The van der Waals surface area contributed by atoms with Crippen LogP contribution in [0.15, 0.2) is 48.5 Å². The van der Waals surface area contributed by atoms with Gasteiger partial charge in [-0.1, -0.05) is 50.6 Å². The van der Waals surface area contributed by atoms with Gasteiger partial charge in [-0.05, 0) is 48.4 Å². The summed E-state index contributed by atoms with van der Waals surface area (Å²) in [5, 5.41) is 0. The smallest absolute Gasteiger partial charge is 0.428 e. The standard InChI is InChI=1S/C27H29F4O4Si3/c1-24(2,20-15-18(28)13-14-22(20)33-3)16-25(26(29,30)31,35-27(36,37)38)23(32)34-21-12-8-7-11-19(21)17-9-5-4-6-10-17/h4-6,9-10,13-15,19,21H,7-8,11-12,16H2,1-3H3/t19-,21+,25-/m0/s1. The van der Waals surface area contributed by atoms with Gasteiger partial charge < -0.3 is 14.2 Å². The van der Waals surface area contributed by atoms with E-state index in [4.69, 9.17) is 14.2 Å². The van der Waals surface area contributed by atoms with Gasteiger partial charge in [-0.25, -0.2) is 9.18 Å². The summed E-state index contributed by atoms with van der Waals surface area (Å²) in [6.07, 6.45) is -4.24. The van der Waals surface area contributed by atoms with E-state index in [2.05, 4.69) is 30.7 Å². The van der Waals surface area contributed by atoms with Gasteiger partial charge in [-0.2, -0.15) is 13.2 Å². The van der Waals surface area contributed by atoms with Crippen LogP contribution in [0.25, 0.3) is 0 Å². The minimum absolute atomic E-state index is 0.146. The molecule has 9 radical (unpaired) electrons. The van der Waals surface area contributed by atoms with E-state index in [-0.39, 0.29) is 17.2 Å². The van der Waals surface area contributed by atoms with Crippen LogP contribution in [0.5, 0.6) is 5.75 Å². The maximum absolute atomic E-state index is 15.0. The molecule has 0 aromatic heterocycles. The van der Waals surface area contributed by atoms with Gasteiger partial charge >= 0.3 is 12.1 Å². The molecule has 0 heterocycles. The fourth-order valence-electron chi connectivity index (χ4n) is 5.16. The summed E-state index contributed by atoms with van der Waals surface area (Å²) in [5.74, 6) is -2.30. The molecule has 11 heteroatoms. The maximum atomic E-state index is 15.0. The molecule has 201 valence electrons. The second-order valence-electron chi connectivity index (χ2n) is 10.3. The summed E-state index contributed by atoms with van der Waals surface area (Å²) in [5.41, 5.74) is -3.86. The van der Waals surface area contributed by atoms with E-state index in [0.717, 1.165) is 24.1 Å².